The zero-order chi connectivity index (χ0) is 14.6. The molecule has 2 aromatic carbocycles. The molecule has 0 amide bonds. The summed E-state index contributed by atoms with van der Waals surface area (Å²) in [6.45, 7) is 1.72. The van der Waals surface area contributed by atoms with Crippen molar-refractivity contribution in [3.8, 4) is 11.5 Å². The molecule has 2 aromatic rings. The third-order valence-electron chi connectivity index (χ3n) is 2.54. The molecule has 0 aliphatic carbocycles. The number of benzene rings is 2. The summed E-state index contributed by atoms with van der Waals surface area (Å²) in [6, 6.07) is 13.6. The number of halogens is 2. The molecule has 0 atom stereocenters. The lowest BCUT2D eigenvalue weighted by Crippen LogP contribution is -2.03. The van der Waals surface area contributed by atoms with E-state index in [-0.39, 0.29) is 6.16 Å². The third kappa shape index (κ3) is 3.69. The second kappa shape index (κ2) is 6.53. The van der Waals surface area contributed by atoms with E-state index in [1.165, 1.54) is 0 Å². The van der Waals surface area contributed by atoms with Gasteiger partial charge in [-0.15, -0.1) is 0 Å². The van der Waals surface area contributed by atoms with Crippen molar-refractivity contribution in [3.63, 3.8) is 0 Å². The first kappa shape index (κ1) is 15.2. The molecule has 0 N–H and O–H groups in total. The van der Waals surface area contributed by atoms with E-state index in [2.05, 4.69) is 0 Å². The molecular formula is C14H13Cl2O3P. The molecule has 0 fully saturated rings. The molecule has 6 heteroatoms. The molecule has 0 aliphatic rings. The van der Waals surface area contributed by atoms with Crippen LogP contribution in [0.15, 0.2) is 48.5 Å². The van der Waals surface area contributed by atoms with Gasteiger partial charge in [-0.2, -0.15) is 0 Å². The minimum Gasteiger partial charge on any atom is -0.414 e. The molecule has 0 bridgehead atoms. The highest BCUT2D eigenvalue weighted by Crippen LogP contribution is 2.50. The van der Waals surface area contributed by atoms with E-state index in [0.717, 1.165) is 0 Å². The first-order valence-corrected chi connectivity index (χ1v) is 8.50. The smallest absolute Gasteiger partial charge is 0.414 e. The van der Waals surface area contributed by atoms with E-state index < -0.39 is 7.60 Å². The van der Waals surface area contributed by atoms with Crippen molar-refractivity contribution >= 4 is 30.8 Å². The maximum Gasteiger partial charge on any atom is 0.430 e. The Hall–Kier alpha value is -1.15. The highest BCUT2D eigenvalue weighted by molar-refractivity contribution is 7.54. The van der Waals surface area contributed by atoms with Gasteiger partial charge >= 0.3 is 7.60 Å². The maximum absolute atomic E-state index is 12.7. The highest BCUT2D eigenvalue weighted by atomic mass is 35.5. The number of hydrogen-bond donors (Lipinski definition) is 0. The van der Waals surface area contributed by atoms with Gasteiger partial charge in [-0.25, -0.2) is 4.57 Å². The van der Waals surface area contributed by atoms with Gasteiger partial charge in [0.2, 0.25) is 0 Å². The largest absolute Gasteiger partial charge is 0.430 e. The van der Waals surface area contributed by atoms with Gasteiger partial charge in [-0.05, 0) is 24.3 Å². The number of hydrogen-bond acceptors (Lipinski definition) is 3. The van der Waals surface area contributed by atoms with Crippen LogP contribution in [0.1, 0.15) is 6.92 Å². The van der Waals surface area contributed by atoms with Crippen LogP contribution in [0.2, 0.25) is 10.0 Å². The van der Waals surface area contributed by atoms with Crippen LogP contribution < -0.4 is 9.05 Å². The second-order valence-corrected chi connectivity index (χ2v) is 7.00. The van der Waals surface area contributed by atoms with E-state index in [9.17, 15) is 4.57 Å². The SMILES string of the molecule is CCP(=O)(Oc1ccccc1Cl)Oc1ccccc1Cl. The summed E-state index contributed by atoms with van der Waals surface area (Å²) in [6.07, 6.45) is 0.198. The first-order chi connectivity index (χ1) is 9.54. The fourth-order valence-corrected chi connectivity index (χ4v) is 3.15. The number of para-hydroxylation sites is 2. The van der Waals surface area contributed by atoms with E-state index in [0.29, 0.717) is 21.5 Å². The van der Waals surface area contributed by atoms with Gasteiger partial charge in [-0.3, -0.25) is 0 Å². The lowest BCUT2D eigenvalue weighted by atomic mass is 10.3. The Balaban J connectivity index is 2.24. The number of rotatable bonds is 5. The molecule has 0 heterocycles. The minimum atomic E-state index is -3.37. The van der Waals surface area contributed by atoms with Crippen LogP contribution >= 0.6 is 30.8 Å². The quantitative estimate of drug-likeness (QED) is 0.663. The molecule has 0 spiro atoms. The van der Waals surface area contributed by atoms with Crippen molar-refractivity contribution in [3.05, 3.63) is 58.6 Å². The zero-order valence-corrected chi connectivity index (χ0v) is 13.2. The molecule has 3 nitrogen and oxygen atoms in total. The summed E-state index contributed by atoms with van der Waals surface area (Å²) in [5, 5.41) is 0.757. The molecule has 2 rings (SSSR count). The molecular weight excluding hydrogens is 318 g/mol. The third-order valence-corrected chi connectivity index (χ3v) is 4.88. The van der Waals surface area contributed by atoms with Crippen LogP contribution in [0.5, 0.6) is 11.5 Å². The fraction of sp³-hybridized carbons (Fsp3) is 0.143. The van der Waals surface area contributed by atoms with Gasteiger partial charge in [-0.1, -0.05) is 54.4 Å². The van der Waals surface area contributed by atoms with Crippen molar-refractivity contribution in [1.82, 2.24) is 0 Å². The first-order valence-electron chi connectivity index (χ1n) is 6.01. The van der Waals surface area contributed by atoms with Crippen LogP contribution in [-0.4, -0.2) is 6.16 Å². The van der Waals surface area contributed by atoms with Gasteiger partial charge < -0.3 is 9.05 Å². The Morgan fingerprint density at radius 2 is 1.30 bits per heavy atom. The van der Waals surface area contributed by atoms with Gasteiger partial charge in [0.05, 0.1) is 16.2 Å². The summed E-state index contributed by atoms with van der Waals surface area (Å²) >= 11 is 12.0. The van der Waals surface area contributed by atoms with Crippen molar-refractivity contribution < 1.29 is 13.6 Å². The standard InChI is InChI=1S/C14H13Cl2O3P/c1-2-20(17,18-13-9-5-3-7-11(13)15)19-14-10-6-4-8-12(14)16/h3-10H,2H2,1H3. The van der Waals surface area contributed by atoms with Crippen LogP contribution in [0, 0.1) is 0 Å². The molecule has 0 saturated heterocycles. The monoisotopic (exact) mass is 330 g/mol. The topological polar surface area (TPSA) is 35.5 Å². The van der Waals surface area contributed by atoms with E-state index in [1.807, 2.05) is 0 Å². The summed E-state index contributed by atoms with van der Waals surface area (Å²) in [4.78, 5) is 0. The Morgan fingerprint density at radius 3 is 1.65 bits per heavy atom. The second-order valence-electron chi connectivity index (χ2n) is 3.97. The predicted molar refractivity (Wildman–Crippen MR) is 82.3 cm³/mol. The fourth-order valence-electron chi connectivity index (χ4n) is 1.48. The van der Waals surface area contributed by atoms with Crippen molar-refractivity contribution in [2.24, 2.45) is 0 Å². The highest BCUT2D eigenvalue weighted by Gasteiger charge is 2.27. The predicted octanol–water partition coefficient (Wildman–Crippen LogP) is 5.66. The van der Waals surface area contributed by atoms with Gasteiger partial charge in [0.1, 0.15) is 11.5 Å². The Bertz CT molecular complexity index is 594. The molecule has 0 radical (unpaired) electrons. The van der Waals surface area contributed by atoms with Crippen LogP contribution in [0.4, 0.5) is 0 Å². The zero-order valence-electron chi connectivity index (χ0n) is 10.8. The van der Waals surface area contributed by atoms with E-state index in [4.69, 9.17) is 32.2 Å². The lowest BCUT2D eigenvalue weighted by Gasteiger charge is -2.19. The molecule has 0 saturated carbocycles. The van der Waals surface area contributed by atoms with Crippen molar-refractivity contribution in [1.29, 1.82) is 0 Å². The van der Waals surface area contributed by atoms with Gasteiger partial charge in [0, 0.05) is 0 Å². The summed E-state index contributed by atoms with van der Waals surface area (Å²) in [7, 11) is -3.37. The summed E-state index contributed by atoms with van der Waals surface area (Å²) < 4.78 is 23.6. The lowest BCUT2D eigenvalue weighted by molar-refractivity contribution is 0.387. The molecule has 0 unspecified atom stereocenters. The maximum atomic E-state index is 12.7. The summed E-state index contributed by atoms with van der Waals surface area (Å²) in [5.74, 6) is 0.651. The van der Waals surface area contributed by atoms with Crippen molar-refractivity contribution in [2.75, 3.05) is 6.16 Å². The molecule has 106 valence electrons. The Morgan fingerprint density at radius 1 is 0.900 bits per heavy atom. The van der Waals surface area contributed by atoms with Gasteiger partial charge in [0.15, 0.2) is 0 Å². The average Bonchev–Trinajstić information content (AvgIpc) is 2.44. The molecule has 20 heavy (non-hydrogen) atoms. The minimum absolute atomic E-state index is 0.198. The van der Waals surface area contributed by atoms with E-state index >= 15 is 0 Å². The Labute approximate surface area is 128 Å². The summed E-state index contributed by atoms with van der Waals surface area (Å²) in [5.41, 5.74) is 0. The molecule has 0 aliphatic heterocycles. The van der Waals surface area contributed by atoms with Crippen LogP contribution in [-0.2, 0) is 4.57 Å². The molecule has 0 aromatic heterocycles. The average molecular weight is 331 g/mol. The van der Waals surface area contributed by atoms with Crippen LogP contribution in [0.3, 0.4) is 0 Å². The normalized spacial score (nSPS) is 11.2. The van der Waals surface area contributed by atoms with Crippen LogP contribution in [0.25, 0.3) is 0 Å². The van der Waals surface area contributed by atoms with Crippen molar-refractivity contribution in [2.45, 2.75) is 6.92 Å². The van der Waals surface area contributed by atoms with E-state index in [1.54, 1.807) is 55.5 Å². The Kier molecular flexibility index (Phi) is 4.98. The van der Waals surface area contributed by atoms with Gasteiger partial charge in [0.25, 0.3) is 0 Å².